The van der Waals surface area contributed by atoms with Gasteiger partial charge in [0.05, 0.1) is 26.9 Å². The molecule has 0 aliphatic carbocycles. The van der Waals surface area contributed by atoms with Crippen LogP contribution in [0.5, 0.6) is 28.7 Å². The molecular formula is C42H54O9. The fraction of sp³-hybridized carbons (Fsp3) is 0.333. The quantitative estimate of drug-likeness (QED) is 0.130. The van der Waals surface area contributed by atoms with Crippen LogP contribution in [0.15, 0.2) is 43.0 Å². The molecule has 0 aliphatic heterocycles. The number of phenolic OH excluding ortho intramolecular Hbond substituents is 2. The first kappa shape index (κ1) is 43.9. The molecule has 51 heavy (non-hydrogen) atoms. The van der Waals surface area contributed by atoms with E-state index in [9.17, 15) is 19.8 Å². The van der Waals surface area contributed by atoms with Crippen molar-refractivity contribution in [1.29, 1.82) is 0 Å². The van der Waals surface area contributed by atoms with Crippen molar-refractivity contribution in [2.45, 2.75) is 48.5 Å². The van der Waals surface area contributed by atoms with Crippen molar-refractivity contribution >= 4 is 18.1 Å². The third-order valence-corrected chi connectivity index (χ3v) is 8.03. The second kappa shape index (κ2) is 20.5. The fourth-order valence-corrected chi connectivity index (χ4v) is 6.01. The van der Waals surface area contributed by atoms with Gasteiger partial charge < -0.3 is 33.9 Å². The molecule has 276 valence electrons. The van der Waals surface area contributed by atoms with Gasteiger partial charge in [0.15, 0.2) is 12.1 Å². The predicted octanol–water partition coefficient (Wildman–Crippen LogP) is 9.57. The van der Waals surface area contributed by atoms with E-state index in [1.165, 1.54) is 27.2 Å². The maximum absolute atomic E-state index is 12.7. The van der Waals surface area contributed by atoms with Gasteiger partial charge in [-0.1, -0.05) is 26.5 Å². The maximum atomic E-state index is 12.7. The average molecular weight is 703 g/mol. The number of ether oxygens (including phenoxy) is 5. The number of rotatable bonds is 9. The van der Waals surface area contributed by atoms with Crippen molar-refractivity contribution in [3.63, 3.8) is 0 Å². The van der Waals surface area contributed by atoms with Gasteiger partial charge in [-0.3, -0.25) is 9.59 Å². The van der Waals surface area contributed by atoms with Crippen molar-refractivity contribution < 1.29 is 43.5 Å². The lowest BCUT2D eigenvalue weighted by atomic mass is 9.79. The smallest absolute Gasteiger partial charge is 0.160 e. The van der Waals surface area contributed by atoms with Crippen molar-refractivity contribution in [1.82, 2.24) is 0 Å². The summed E-state index contributed by atoms with van der Waals surface area (Å²) in [6.45, 7) is 17.2. The van der Waals surface area contributed by atoms with Crippen molar-refractivity contribution in [3.05, 3.63) is 81.9 Å². The monoisotopic (exact) mass is 702 g/mol. The molecule has 0 aromatic heterocycles. The molecular weight excluding hydrogens is 648 g/mol. The molecule has 0 radical (unpaired) electrons. The van der Waals surface area contributed by atoms with Crippen LogP contribution in [0.4, 0.5) is 0 Å². The van der Waals surface area contributed by atoms with Gasteiger partial charge in [-0.15, -0.1) is 0 Å². The lowest BCUT2D eigenvalue weighted by Gasteiger charge is -2.26. The molecule has 4 aromatic carbocycles. The molecule has 0 fully saturated rings. The number of hydrogen-bond acceptors (Lipinski definition) is 9. The summed E-state index contributed by atoms with van der Waals surface area (Å²) in [5.74, 6) is 1.17. The third kappa shape index (κ3) is 9.57. The van der Waals surface area contributed by atoms with Crippen LogP contribution in [0.3, 0.4) is 0 Å². The number of carbonyl (C=O) groups is 2. The minimum absolute atomic E-state index is 0.0283. The van der Waals surface area contributed by atoms with Crippen LogP contribution in [0, 0.1) is 27.7 Å². The number of aryl methyl sites for hydroxylation is 1. The molecule has 0 unspecified atom stereocenters. The zero-order valence-corrected chi connectivity index (χ0v) is 32.6. The second-order valence-corrected chi connectivity index (χ2v) is 11.3. The largest absolute Gasteiger partial charge is 0.507 e. The van der Waals surface area contributed by atoms with E-state index < -0.39 is 0 Å². The van der Waals surface area contributed by atoms with Crippen LogP contribution >= 0.6 is 0 Å². The topological polar surface area (TPSA) is 121 Å². The molecule has 0 amide bonds. The maximum Gasteiger partial charge on any atom is 0.160 e. The highest BCUT2D eigenvalue weighted by molar-refractivity contribution is 6.00. The summed E-state index contributed by atoms with van der Waals surface area (Å²) in [6, 6.07) is 10.1. The van der Waals surface area contributed by atoms with E-state index in [2.05, 4.69) is 16.1 Å². The van der Waals surface area contributed by atoms with Crippen LogP contribution in [-0.4, -0.2) is 72.1 Å². The van der Waals surface area contributed by atoms with Gasteiger partial charge in [-0.2, -0.15) is 0 Å². The van der Waals surface area contributed by atoms with E-state index >= 15 is 0 Å². The number of aromatic hydroxyl groups is 2. The Morgan fingerprint density at radius 3 is 1.27 bits per heavy atom. The van der Waals surface area contributed by atoms with E-state index in [1.54, 1.807) is 53.8 Å². The summed E-state index contributed by atoms with van der Waals surface area (Å²) in [7, 11) is 11.1. The molecule has 0 spiro atoms. The molecule has 0 saturated heterocycles. The van der Waals surface area contributed by atoms with Crippen LogP contribution in [0.25, 0.3) is 39.5 Å². The van der Waals surface area contributed by atoms with Crippen LogP contribution in [0.1, 0.15) is 69.3 Å². The Bertz CT molecular complexity index is 1740. The molecule has 4 rings (SSSR count). The van der Waals surface area contributed by atoms with E-state index in [1.807, 2.05) is 59.7 Å². The molecule has 0 heterocycles. The Morgan fingerprint density at radius 1 is 0.608 bits per heavy atom. The lowest BCUT2D eigenvalue weighted by molar-refractivity contribution is 0.101. The van der Waals surface area contributed by atoms with Crippen molar-refractivity contribution in [2.75, 3.05) is 49.8 Å². The van der Waals surface area contributed by atoms with E-state index in [4.69, 9.17) is 14.2 Å². The van der Waals surface area contributed by atoms with Crippen molar-refractivity contribution in [2.24, 2.45) is 0 Å². The molecule has 2 N–H and O–H groups in total. The number of methoxy groups -OCH3 is 5. The minimum Gasteiger partial charge on any atom is -0.507 e. The number of benzene rings is 4. The van der Waals surface area contributed by atoms with Crippen molar-refractivity contribution in [3.8, 4) is 62.1 Å². The Hall–Kier alpha value is -5.12. The Kier molecular flexibility index (Phi) is 17.7. The predicted molar refractivity (Wildman–Crippen MR) is 207 cm³/mol. The Labute approximate surface area is 303 Å². The molecule has 0 aliphatic rings. The van der Waals surface area contributed by atoms with Gasteiger partial charge >= 0.3 is 0 Å². The highest BCUT2D eigenvalue weighted by Crippen LogP contribution is 2.50. The summed E-state index contributed by atoms with van der Waals surface area (Å²) in [5.41, 5.74) is 8.97. The number of Topliss-reactive ketones (excluding diaryl/α,β-unsaturated/α-hetero) is 1. The number of ketones is 1. The van der Waals surface area contributed by atoms with Gasteiger partial charge in [-0.05, 0) is 97.8 Å². The first-order valence-corrected chi connectivity index (χ1v) is 16.3. The van der Waals surface area contributed by atoms with Crippen LogP contribution in [0.2, 0.25) is 0 Å². The summed E-state index contributed by atoms with van der Waals surface area (Å²) in [6.07, 6.45) is 2.17. The van der Waals surface area contributed by atoms with E-state index in [0.717, 1.165) is 38.9 Å². The average Bonchev–Trinajstić information content (AvgIpc) is 3.10. The normalized spacial score (nSPS) is 9.92. The lowest BCUT2D eigenvalue weighted by Crippen LogP contribution is -2.05. The van der Waals surface area contributed by atoms with Crippen LogP contribution < -0.4 is 14.2 Å². The molecule has 0 bridgehead atoms. The highest BCUT2D eigenvalue weighted by Gasteiger charge is 2.27. The van der Waals surface area contributed by atoms with E-state index in [-0.39, 0.29) is 22.8 Å². The number of phenols is 2. The summed E-state index contributed by atoms with van der Waals surface area (Å²) >= 11 is 0. The molecule has 9 nitrogen and oxygen atoms in total. The van der Waals surface area contributed by atoms with Gasteiger partial charge in [0.25, 0.3) is 0 Å². The SMILES string of the molecule is C=Cc1cc(-c2c(C)c(-c3cc(C=O)c(O)cc3OC)c(C)c(-c3cc(C(C)=O)c(C)cc3OC)c2C)c(OC)cc1O.CC.COC.COC. The third-order valence-electron chi connectivity index (χ3n) is 8.03. The van der Waals surface area contributed by atoms with Gasteiger partial charge in [0.1, 0.15) is 28.7 Å². The second-order valence-electron chi connectivity index (χ2n) is 11.3. The number of hydrogen-bond donors (Lipinski definition) is 2. The Balaban J connectivity index is 0.00000149. The van der Waals surface area contributed by atoms with Gasteiger partial charge in [0, 0.05) is 68.4 Å². The number of aldehydes is 1. The Morgan fingerprint density at radius 2 is 0.941 bits per heavy atom. The van der Waals surface area contributed by atoms with E-state index in [0.29, 0.717) is 51.4 Å². The first-order valence-electron chi connectivity index (χ1n) is 16.3. The summed E-state index contributed by atoms with van der Waals surface area (Å²) in [5, 5.41) is 21.1. The molecule has 0 atom stereocenters. The number of carbonyl (C=O) groups excluding carboxylic acids is 2. The summed E-state index contributed by atoms with van der Waals surface area (Å²) in [4.78, 5) is 24.6. The molecule has 4 aromatic rings. The van der Waals surface area contributed by atoms with Gasteiger partial charge in [0.2, 0.25) is 0 Å². The highest BCUT2D eigenvalue weighted by atomic mass is 16.5. The summed E-state index contributed by atoms with van der Waals surface area (Å²) < 4.78 is 25.8. The fourth-order valence-electron chi connectivity index (χ4n) is 6.01. The standard InChI is InChI=1S/C36H36O7.2C2H6O.C2H6/c1-10-23-12-26(32(42-8)15-29(23)39)34-19(3)35(27-13-24(17-37)30(40)16-33(27)43-9)21(5)36(20(34)4)28-14-25(22(6)38)18(2)11-31(28)41-7;2*1-3-2;1-2/h10-17,39-40H,1H2,2-9H3;2*1-2H3;1-2H3. The molecule has 9 heteroatoms. The first-order chi connectivity index (χ1) is 24.3. The van der Waals surface area contributed by atoms with Crippen LogP contribution in [-0.2, 0) is 9.47 Å². The minimum atomic E-state index is -0.194. The zero-order chi connectivity index (χ0) is 39.2. The molecule has 0 saturated carbocycles. The van der Waals surface area contributed by atoms with Gasteiger partial charge in [-0.25, -0.2) is 0 Å². The zero-order valence-electron chi connectivity index (χ0n) is 32.6.